The minimum Gasteiger partial charge on any atom is -0.389 e. The van der Waals surface area contributed by atoms with E-state index in [0.29, 0.717) is 12.8 Å². The Hall–Kier alpha value is -0.370. The molecule has 2 fully saturated rings. The van der Waals surface area contributed by atoms with Gasteiger partial charge in [-0.25, -0.2) is 0 Å². The van der Waals surface area contributed by atoms with Crippen LogP contribution in [0.4, 0.5) is 0 Å². The van der Waals surface area contributed by atoms with Gasteiger partial charge in [-0.1, -0.05) is 19.8 Å². The van der Waals surface area contributed by atoms with Crippen LogP contribution in [-0.4, -0.2) is 16.5 Å². The highest BCUT2D eigenvalue weighted by Gasteiger charge is 2.54. The zero-order valence-corrected chi connectivity index (χ0v) is 7.60. The lowest BCUT2D eigenvalue weighted by atomic mass is 9.66. The molecule has 0 heterocycles. The fourth-order valence-electron chi connectivity index (χ4n) is 2.85. The number of rotatable bonds is 0. The van der Waals surface area contributed by atoms with Gasteiger partial charge in [-0.05, 0) is 12.8 Å². The van der Waals surface area contributed by atoms with Gasteiger partial charge in [-0.15, -0.1) is 0 Å². The maximum atomic E-state index is 11.3. The van der Waals surface area contributed by atoms with Gasteiger partial charge in [0.1, 0.15) is 5.78 Å². The number of fused-ring (bicyclic) bond motifs is 1. The van der Waals surface area contributed by atoms with Crippen LogP contribution < -0.4 is 0 Å². The summed E-state index contributed by atoms with van der Waals surface area (Å²) < 4.78 is 0. The molecule has 0 amide bonds. The Morgan fingerprint density at radius 2 is 1.92 bits per heavy atom. The van der Waals surface area contributed by atoms with Crippen molar-refractivity contribution in [1.29, 1.82) is 0 Å². The molecule has 2 rings (SSSR count). The molecule has 0 saturated heterocycles. The zero-order chi connectivity index (χ0) is 8.82. The molecular weight excluding hydrogens is 152 g/mol. The van der Waals surface area contributed by atoms with Gasteiger partial charge in [0.15, 0.2) is 0 Å². The predicted molar refractivity (Wildman–Crippen MR) is 45.8 cm³/mol. The summed E-state index contributed by atoms with van der Waals surface area (Å²) in [5.74, 6) is 0.252. The molecule has 0 aromatic carbocycles. The molecule has 1 N–H and O–H groups in total. The molecule has 0 bridgehead atoms. The Labute approximate surface area is 73.0 Å². The van der Waals surface area contributed by atoms with Crippen molar-refractivity contribution in [2.45, 2.75) is 51.0 Å². The minimum atomic E-state index is -0.650. The third-order valence-electron chi connectivity index (χ3n) is 3.77. The fraction of sp³-hybridized carbons (Fsp3) is 0.900. The first kappa shape index (κ1) is 8.24. The van der Waals surface area contributed by atoms with Gasteiger partial charge in [-0.3, -0.25) is 4.79 Å². The Kier molecular flexibility index (Phi) is 1.59. The molecule has 12 heavy (non-hydrogen) atoms. The smallest absolute Gasteiger partial charge is 0.136 e. The summed E-state index contributed by atoms with van der Waals surface area (Å²) in [5, 5.41) is 10.2. The van der Waals surface area contributed by atoms with E-state index in [0.717, 1.165) is 19.3 Å². The van der Waals surface area contributed by atoms with E-state index in [9.17, 15) is 9.90 Å². The molecule has 0 aromatic rings. The van der Waals surface area contributed by atoms with Crippen molar-refractivity contribution in [2.24, 2.45) is 5.41 Å². The lowest BCUT2D eigenvalue weighted by Gasteiger charge is -2.42. The van der Waals surface area contributed by atoms with Crippen LogP contribution in [0.25, 0.3) is 0 Å². The van der Waals surface area contributed by atoms with Crippen molar-refractivity contribution < 1.29 is 9.90 Å². The molecule has 0 spiro atoms. The van der Waals surface area contributed by atoms with Gasteiger partial charge < -0.3 is 5.11 Å². The summed E-state index contributed by atoms with van der Waals surface area (Å²) >= 11 is 0. The lowest BCUT2D eigenvalue weighted by molar-refractivity contribution is -0.119. The molecule has 2 atom stereocenters. The number of hydrogen-bond acceptors (Lipinski definition) is 2. The van der Waals surface area contributed by atoms with E-state index in [-0.39, 0.29) is 11.2 Å². The highest BCUT2D eigenvalue weighted by molar-refractivity contribution is 5.83. The summed E-state index contributed by atoms with van der Waals surface area (Å²) in [5.41, 5.74) is -0.745. The second-order valence-electron chi connectivity index (χ2n) is 4.69. The molecule has 2 unspecified atom stereocenters. The first-order valence-electron chi connectivity index (χ1n) is 4.80. The lowest BCUT2D eigenvalue weighted by Crippen LogP contribution is -2.44. The molecule has 2 saturated carbocycles. The predicted octanol–water partition coefficient (Wildman–Crippen LogP) is 1.66. The van der Waals surface area contributed by atoms with Crippen LogP contribution in [0.3, 0.4) is 0 Å². The standard InChI is InChI=1S/C10H16O2/c1-9-4-2-3-5-10(9,12)7-8(11)6-9/h12H,2-7H2,1H3. The van der Waals surface area contributed by atoms with Crippen molar-refractivity contribution in [2.75, 3.05) is 0 Å². The van der Waals surface area contributed by atoms with Crippen molar-refractivity contribution in [1.82, 2.24) is 0 Å². The summed E-state index contributed by atoms with van der Waals surface area (Å²) in [4.78, 5) is 11.3. The third kappa shape index (κ3) is 0.939. The van der Waals surface area contributed by atoms with Gasteiger partial charge in [0.25, 0.3) is 0 Å². The molecule has 0 aliphatic heterocycles. The number of aliphatic hydroxyl groups is 1. The normalized spacial score (nSPS) is 47.7. The second kappa shape index (κ2) is 2.32. The van der Waals surface area contributed by atoms with E-state index < -0.39 is 5.60 Å². The SMILES string of the molecule is CC12CCCCC1(O)CC(=O)C2. The molecule has 2 aliphatic carbocycles. The summed E-state index contributed by atoms with van der Waals surface area (Å²) in [7, 11) is 0. The number of carbonyl (C=O) groups is 1. The number of ketones is 1. The van der Waals surface area contributed by atoms with Crippen LogP contribution in [0.15, 0.2) is 0 Å². The molecule has 2 nitrogen and oxygen atoms in total. The van der Waals surface area contributed by atoms with Gasteiger partial charge in [0, 0.05) is 18.3 Å². The average molecular weight is 168 g/mol. The van der Waals surface area contributed by atoms with E-state index in [1.807, 2.05) is 0 Å². The van der Waals surface area contributed by atoms with Crippen LogP contribution in [0.5, 0.6) is 0 Å². The van der Waals surface area contributed by atoms with E-state index in [1.54, 1.807) is 0 Å². The molecule has 0 aromatic heterocycles. The largest absolute Gasteiger partial charge is 0.389 e. The van der Waals surface area contributed by atoms with Gasteiger partial charge in [0.2, 0.25) is 0 Å². The maximum absolute atomic E-state index is 11.3. The van der Waals surface area contributed by atoms with Crippen molar-refractivity contribution >= 4 is 5.78 Å². The summed E-state index contributed by atoms with van der Waals surface area (Å²) in [6.45, 7) is 2.07. The quantitative estimate of drug-likeness (QED) is 0.597. The summed E-state index contributed by atoms with van der Waals surface area (Å²) in [6.07, 6.45) is 5.11. The first-order chi connectivity index (χ1) is 5.56. The van der Waals surface area contributed by atoms with Crippen molar-refractivity contribution in [3.63, 3.8) is 0 Å². The topological polar surface area (TPSA) is 37.3 Å². The van der Waals surface area contributed by atoms with Gasteiger partial charge in [-0.2, -0.15) is 0 Å². The third-order valence-corrected chi connectivity index (χ3v) is 3.77. The Balaban J connectivity index is 2.30. The maximum Gasteiger partial charge on any atom is 0.136 e. The van der Waals surface area contributed by atoms with Crippen molar-refractivity contribution in [3.8, 4) is 0 Å². The Morgan fingerprint density at radius 3 is 2.58 bits per heavy atom. The Morgan fingerprint density at radius 1 is 1.25 bits per heavy atom. The highest BCUT2D eigenvalue weighted by atomic mass is 16.3. The number of carbonyl (C=O) groups excluding carboxylic acids is 1. The van der Waals surface area contributed by atoms with Crippen LogP contribution in [0.2, 0.25) is 0 Å². The Bertz CT molecular complexity index is 202. The van der Waals surface area contributed by atoms with E-state index in [2.05, 4.69) is 6.92 Å². The van der Waals surface area contributed by atoms with Crippen LogP contribution in [-0.2, 0) is 4.79 Å². The van der Waals surface area contributed by atoms with Gasteiger partial charge in [0.05, 0.1) is 5.60 Å². The zero-order valence-electron chi connectivity index (χ0n) is 7.60. The second-order valence-corrected chi connectivity index (χ2v) is 4.69. The molecule has 0 radical (unpaired) electrons. The molecular formula is C10H16O2. The number of Topliss-reactive ketones (excluding diaryl/α,β-unsaturated/α-hetero) is 1. The van der Waals surface area contributed by atoms with Crippen LogP contribution in [0.1, 0.15) is 45.4 Å². The molecule has 2 aliphatic rings. The summed E-state index contributed by atoms with van der Waals surface area (Å²) in [6, 6.07) is 0. The van der Waals surface area contributed by atoms with E-state index in [4.69, 9.17) is 0 Å². The first-order valence-corrected chi connectivity index (χ1v) is 4.80. The van der Waals surface area contributed by atoms with Gasteiger partial charge >= 0.3 is 0 Å². The molecule has 2 heteroatoms. The van der Waals surface area contributed by atoms with E-state index in [1.165, 1.54) is 6.42 Å². The average Bonchev–Trinajstić information content (AvgIpc) is 2.18. The van der Waals surface area contributed by atoms with Crippen LogP contribution >= 0.6 is 0 Å². The van der Waals surface area contributed by atoms with Crippen molar-refractivity contribution in [3.05, 3.63) is 0 Å². The number of hydrogen-bond donors (Lipinski definition) is 1. The monoisotopic (exact) mass is 168 g/mol. The highest BCUT2D eigenvalue weighted by Crippen LogP contribution is 2.53. The molecule has 68 valence electrons. The minimum absolute atomic E-state index is 0.0949. The van der Waals surface area contributed by atoms with Crippen LogP contribution in [0, 0.1) is 5.41 Å². The fourth-order valence-corrected chi connectivity index (χ4v) is 2.85. The van der Waals surface area contributed by atoms with E-state index >= 15 is 0 Å².